The standard InChI is InChI=1S/C20H29N3OS/c25-20(21-18-4-2-1-3-5-18)23-11-9-22(10-12-23)15-16-6-7-19-17(14-16)8-13-24-19/h6-7,14,18H,1-5,8-13,15H2,(H,21,25)/p+1. The van der Waals surface area contributed by atoms with Crippen LogP contribution >= 0.6 is 12.2 Å². The first-order valence-corrected chi connectivity index (χ1v) is 10.3. The Hall–Kier alpha value is -1.33. The van der Waals surface area contributed by atoms with E-state index in [-0.39, 0.29) is 0 Å². The van der Waals surface area contributed by atoms with Gasteiger partial charge in [-0.05, 0) is 48.8 Å². The number of nitrogens with one attached hydrogen (secondary N) is 2. The first-order chi connectivity index (χ1) is 12.3. The quantitative estimate of drug-likeness (QED) is 0.800. The number of rotatable bonds is 3. The van der Waals surface area contributed by atoms with Crippen LogP contribution in [0.2, 0.25) is 0 Å². The third-order valence-corrected chi connectivity index (χ3v) is 6.27. The molecular weight excluding hydrogens is 330 g/mol. The van der Waals surface area contributed by atoms with Crippen LogP contribution in [-0.4, -0.2) is 48.8 Å². The van der Waals surface area contributed by atoms with Crippen molar-refractivity contribution in [3.8, 4) is 5.75 Å². The molecule has 1 aromatic carbocycles. The van der Waals surface area contributed by atoms with Gasteiger partial charge in [-0.1, -0.05) is 19.3 Å². The van der Waals surface area contributed by atoms with Crippen LogP contribution in [0.25, 0.3) is 0 Å². The zero-order valence-electron chi connectivity index (χ0n) is 15.1. The molecule has 136 valence electrons. The Labute approximate surface area is 156 Å². The first-order valence-electron chi connectivity index (χ1n) is 9.91. The molecule has 2 fully saturated rings. The predicted octanol–water partition coefficient (Wildman–Crippen LogP) is 1.53. The lowest BCUT2D eigenvalue weighted by molar-refractivity contribution is -0.917. The first kappa shape index (κ1) is 17.1. The molecule has 0 unspecified atom stereocenters. The summed E-state index contributed by atoms with van der Waals surface area (Å²) in [6.45, 7) is 6.43. The van der Waals surface area contributed by atoms with Gasteiger partial charge in [0, 0.05) is 18.0 Å². The van der Waals surface area contributed by atoms with Crippen LogP contribution in [0.1, 0.15) is 43.2 Å². The highest BCUT2D eigenvalue weighted by atomic mass is 32.1. The van der Waals surface area contributed by atoms with Gasteiger partial charge < -0.3 is 19.9 Å². The summed E-state index contributed by atoms with van der Waals surface area (Å²) >= 11 is 5.67. The fourth-order valence-electron chi connectivity index (χ4n) is 4.35. The molecule has 1 saturated heterocycles. The zero-order valence-corrected chi connectivity index (χ0v) is 15.9. The highest BCUT2D eigenvalue weighted by Gasteiger charge is 2.24. The summed E-state index contributed by atoms with van der Waals surface area (Å²) in [5.74, 6) is 1.09. The third kappa shape index (κ3) is 4.26. The van der Waals surface area contributed by atoms with Gasteiger partial charge in [-0.3, -0.25) is 0 Å². The molecular formula is C20H30N3OS+. The minimum atomic E-state index is 0.611. The molecule has 2 N–H and O–H groups in total. The Bertz CT molecular complexity index is 607. The van der Waals surface area contributed by atoms with Crippen LogP contribution in [0.4, 0.5) is 0 Å². The predicted molar refractivity (Wildman–Crippen MR) is 104 cm³/mol. The van der Waals surface area contributed by atoms with Gasteiger partial charge in [0.1, 0.15) is 12.3 Å². The molecule has 0 bridgehead atoms. The number of fused-ring (bicyclic) bond motifs is 1. The largest absolute Gasteiger partial charge is 0.493 e. The lowest BCUT2D eigenvalue weighted by Gasteiger charge is -2.35. The van der Waals surface area contributed by atoms with E-state index in [0.29, 0.717) is 6.04 Å². The van der Waals surface area contributed by atoms with Gasteiger partial charge in [-0.25, -0.2) is 0 Å². The average molecular weight is 361 g/mol. The van der Waals surface area contributed by atoms with Gasteiger partial charge in [-0.15, -0.1) is 0 Å². The van der Waals surface area contributed by atoms with Crippen molar-refractivity contribution in [2.75, 3.05) is 32.8 Å². The molecule has 2 aliphatic heterocycles. The minimum Gasteiger partial charge on any atom is -0.493 e. The van der Waals surface area contributed by atoms with Crippen LogP contribution < -0.4 is 15.0 Å². The molecule has 1 aliphatic carbocycles. The fourth-order valence-corrected chi connectivity index (χ4v) is 4.70. The Balaban J connectivity index is 1.24. The van der Waals surface area contributed by atoms with Gasteiger partial charge in [0.05, 0.1) is 32.8 Å². The van der Waals surface area contributed by atoms with Crippen molar-refractivity contribution in [2.24, 2.45) is 0 Å². The van der Waals surface area contributed by atoms with Crippen molar-refractivity contribution in [1.82, 2.24) is 10.2 Å². The fraction of sp³-hybridized carbons (Fsp3) is 0.650. The number of hydrogen-bond donors (Lipinski definition) is 2. The second-order valence-electron chi connectivity index (χ2n) is 7.74. The number of hydrogen-bond acceptors (Lipinski definition) is 2. The Kier molecular flexibility index (Phi) is 5.42. The number of nitrogens with zero attached hydrogens (tertiary/aromatic N) is 1. The molecule has 1 aromatic rings. The van der Waals surface area contributed by atoms with Crippen LogP contribution in [0, 0.1) is 0 Å². The molecule has 1 saturated carbocycles. The highest BCUT2D eigenvalue weighted by molar-refractivity contribution is 7.80. The lowest BCUT2D eigenvalue weighted by atomic mass is 9.96. The molecule has 0 radical (unpaired) electrons. The lowest BCUT2D eigenvalue weighted by Crippen LogP contribution is -3.13. The molecule has 2 heterocycles. The Morgan fingerprint density at radius 3 is 2.80 bits per heavy atom. The van der Waals surface area contributed by atoms with Crippen molar-refractivity contribution >= 4 is 17.3 Å². The molecule has 0 spiro atoms. The average Bonchev–Trinajstić information content (AvgIpc) is 3.11. The van der Waals surface area contributed by atoms with Gasteiger partial charge in [0.25, 0.3) is 0 Å². The third-order valence-electron chi connectivity index (χ3n) is 5.90. The van der Waals surface area contributed by atoms with E-state index in [1.807, 2.05) is 0 Å². The van der Waals surface area contributed by atoms with E-state index >= 15 is 0 Å². The summed E-state index contributed by atoms with van der Waals surface area (Å²) in [7, 11) is 0. The van der Waals surface area contributed by atoms with Crippen molar-refractivity contribution < 1.29 is 9.64 Å². The van der Waals surface area contributed by atoms with E-state index in [9.17, 15) is 0 Å². The SMILES string of the molecule is S=C(NC1CCCCC1)N1CC[NH+](Cc2ccc3c(c2)CCO3)CC1. The van der Waals surface area contributed by atoms with E-state index in [1.165, 1.54) is 56.3 Å². The van der Waals surface area contributed by atoms with Crippen LogP contribution in [0.3, 0.4) is 0 Å². The van der Waals surface area contributed by atoms with Crippen LogP contribution in [0.15, 0.2) is 18.2 Å². The summed E-state index contributed by atoms with van der Waals surface area (Å²) in [5, 5.41) is 4.60. The van der Waals surface area contributed by atoms with E-state index in [0.717, 1.165) is 43.5 Å². The van der Waals surface area contributed by atoms with Crippen molar-refractivity contribution in [1.29, 1.82) is 0 Å². The summed E-state index contributed by atoms with van der Waals surface area (Å²) in [5.41, 5.74) is 2.82. The monoisotopic (exact) mass is 360 g/mol. The van der Waals surface area contributed by atoms with E-state index in [4.69, 9.17) is 17.0 Å². The maximum atomic E-state index is 5.67. The van der Waals surface area contributed by atoms with Gasteiger partial charge in [-0.2, -0.15) is 0 Å². The molecule has 0 atom stereocenters. The second kappa shape index (κ2) is 7.92. The molecule has 4 rings (SSSR count). The van der Waals surface area contributed by atoms with Crippen LogP contribution in [-0.2, 0) is 13.0 Å². The number of thiocarbonyl (C=S) groups is 1. The van der Waals surface area contributed by atoms with Crippen molar-refractivity contribution in [2.45, 2.75) is 51.1 Å². The molecule has 4 nitrogen and oxygen atoms in total. The zero-order chi connectivity index (χ0) is 17.1. The van der Waals surface area contributed by atoms with E-state index < -0.39 is 0 Å². The second-order valence-corrected chi connectivity index (χ2v) is 8.13. The normalized spacial score (nSPS) is 21.7. The smallest absolute Gasteiger partial charge is 0.169 e. The molecule has 5 heteroatoms. The number of benzene rings is 1. The summed E-state index contributed by atoms with van der Waals surface area (Å²) in [4.78, 5) is 4.04. The number of quaternary nitrogens is 1. The van der Waals surface area contributed by atoms with Gasteiger partial charge in [0.15, 0.2) is 5.11 Å². The van der Waals surface area contributed by atoms with E-state index in [1.54, 1.807) is 4.90 Å². The van der Waals surface area contributed by atoms with E-state index in [2.05, 4.69) is 28.4 Å². The molecule has 3 aliphatic rings. The van der Waals surface area contributed by atoms with Crippen LogP contribution in [0.5, 0.6) is 5.75 Å². The summed E-state index contributed by atoms with van der Waals surface area (Å²) in [6.07, 6.45) is 7.73. The maximum Gasteiger partial charge on any atom is 0.169 e. The van der Waals surface area contributed by atoms with Gasteiger partial charge >= 0.3 is 0 Å². The Morgan fingerprint density at radius 2 is 2.00 bits per heavy atom. The topological polar surface area (TPSA) is 28.9 Å². The maximum absolute atomic E-state index is 5.67. The molecule has 25 heavy (non-hydrogen) atoms. The summed E-state index contributed by atoms with van der Waals surface area (Å²) in [6, 6.07) is 7.34. The molecule has 0 amide bonds. The number of piperazine rings is 1. The number of ether oxygens (including phenoxy) is 1. The highest BCUT2D eigenvalue weighted by Crippen LogP contribution is 2.25. The summed E-state index contributed by atoms with van der Waals surface area (Å²) < 4.78 is 5.61. The van der Waals surface area contributed by atoms with Gasteiger partial charge in [0.2, 0.25) is 0 Å². The van der Waals surface area contributed by atoms with Crippen molar-refractivity contribution in [3.05, 3.63) is 29.3 Å². The Morgan fingerprint density at radius 1 is 1.20 bits per heavy atom. The molecule has 0 aromatic heterocycles. The van der Waals surface area contributed by atoms with Crippen molar-refractivity contribution in [3.63, 3.8) is 0 Å². The minimum absolute atomic E-state index is 0.611.